The highest BCUT2D eigenvalue weighted by Gasteiger charge is 2.66. The summed E-state index contributed by atoms with van der Waals surface area (Å²) in [6.07, 6.45) is 2.91. The first-order chi connectivity index (χ1) is 18.2. The number of carbonyl (C=O) groups excluding carboxylic acids is 3. The minimum absolute atomic E-state index is 0.0127. The van der Waals surface area contributed by atoms with Gasteiger partial charge in [0.2, 0.25) is 0 Å². The van der Waals surface area contributed by atoms with Gasteiger partial charge in [0.15, 0.2) is 5.54 Å². The number of carbonyl (C=O) groups is 3. The van der Waals surface area contributed by atoms with Crippen molar-refractivity contribution < 1.29 is 24.2 Å². The third-order valence-corrected chi connectivity index (χ3v) is 7.70. The van der Waals surface area contributed by atoms with E-state index in [1.54, 1.807) is 29.2 Å². The molecule has 2 aromatic rings. The molecule has 0 saturated carbocycles. The summed E-state index contributed by atoms with van der Waals surface area (Å²) < 4.78 is 5.80. The van der Waals surface area contributed by atoms with Crippen LogP contribution in [0.5, 0.6) is 5.75 Å². The summed E-state index contributed by atoms with van der Waals surface area (Å²) in [5.41, 5.74) is 0.675. The molecule has 1 saturated heterocycles. The van der Waals surface area contributed by atoms with Crippen molar-refractivity contribution in [3.63, 3.8) is 0 Å². The lowest BCUT2D eigenvalue weighted by Gasteiger charge is -2.35. The average Bonchev–Trinajstić information content (AvgIpc) is 3.46. The minimum Gasteiger partial charge on any atom is -0.507 e. The molecule has 200 valence electrons. The van der Waals surface area contributed by atoms with E-state index in [1.165, 1.54) is 4.90 Å². The molecule has 0 aromatic heterocycles. The Kier molecular flexibility index (Phi) is 6.77. The zero-order chi connectivity index (χ0) is 27.2. The van der Waals surface area contributed by atoms with E-state index in [2.05, 4.69) is 0 Å². The quantitative estimate of drug-likeness (QED) is 0.326. The first-order valence-electron chi connectivity index (χ1n) is 13.4. The fraction of sp³-hybridized carbons (Fsp3) is 0.433. The fourth-order valence-electron chi connectivity index (χ4n) is 5.96. The standard InChI is InChI=1S/C30H35N3O5/c1-5-6-15-32-23-11-8-7-10-22(23)30(29(32)37)25(27(35)28(36)33(30)16-9-14-31(3)4)26(34)20-12-13-24-21(18-20)17-19(2)38-24/h7-8,10-13,18-19,34H,5-6,9,14-17H2,1-4H3/t19-,30+/m1/s1. The molecule has 1 fully saturated rings. The van der Waals surface area contributed by atoms with Gasteiger partial charge in [0.1, 0.15) is 17.6 Å². The Labute approximate surface area is 223 Å². The van der Waals surface area contributed by atoms with Crippen molar-refractivity contribution in [1.82, 2.24) is 9.80 Å². The second-order valence-electron chi connectivity index (χ2n) is 10.7. The molecular weight excluding hydrogens is 482 g/mol. The molecule has 8 nitrogen and oxygen atoms in total. The van der Waals surface area contributed by atoms with Crippen molar-refractivity contribution in [3.05, 3.63) is 64.7 Å². The molecule has 38 heavy (non-hydrogen) atoms. The third kappa shape index (κ3) is 3.89. The molecule has 3 aliphatic rings. The molecule has 5 rings (SSSR count). The Balaban J connectivity index is 1.72. The molecule has 2 atom stereocenters. The fourth-order valence-corrected chi connectivity index (χ4v) is 5.96. The lowest BCUT2D eigenvalue weighted by Crippen LogP contribution is -2.52. The number of rotatable bonds is 8. The number of nitrogens with zero attached hydrogens (tertiary/aromatic N) is 3. The maximum atomic E-state index is 14.5. The van der Waals surface area contributed by atoms with E-state index >= 15 is 0 Å². The number of ketones is 1. The van der Waals surface area contributed by atoms with Crippen LogP contribution in [0.4, 0.5) is 5.69 Å². The number of benzene rings is 2. The van der Waals surface area contributed by atoms with Gasteiger partial charge in [-0.1, -0.05) is 31.5 Å². The summed E-state index contributed by atoms with van der Waals surface area (Å²) in [6.45, 7) is 5.36. The van der Waals surface area contributed by atoms with Gasteiger partial charge < -0.3 is 24.5 Å². The molecule has 0 radical (unpaired) electrons. The minimum atomic E-state index is -1.71. The van der Waals surface area contributed by atoms with E-state index < -0.39 is 17.2 Å². The number of fused-ring (bicyclic) bond motifs is 3. The van der Waals surface area contributed by atoms with E-state index in [4.69, 9.17) is 4.74 Å². The van der Waals surface area contributed by atoms with Crippen molar-refractivity contribution in [2.45, 2.75) is 51.2 Å². The van der Waals surface area contributed by atoms with Crippen molar-refractivity contribution in [3.8, 4) is 5.75 Å². The number of unbranched alkanes of at least 4 members (excludes halogenated alkanes) is 1. The van der Waals surface area contributed by atoms with Gasteiger partial charge in [0.25, 0.3) is 17.6 Å². The molecular formula is C30H35N3O5. The van der Waals surface area contributed by atoms with Crippen LogP contribution < -0.4 is 9.64 Å². The highest BCUT2D eigenvalue weighted by atomic mass is 16.5. The Hall–Kier alpha value is -3.65. The number of Topliss-reactive ketones (excluding diaryl/α,β-unsaturated/α-hetero) is 1. The number of aliphatic hydroxyl groups is 1. The Morgan fingerprint density at radius 3 is 2.61 bits per heavy atom. The molecule has 0 unspecified atom stereocenters. The van der Waals surface area contributed by atoms with Crippen LogP contribution in [-0.4, -0.2) is 72.3 Å². The number of amides is 2. The zero-order valence-corrected chi connectivity index (χ0v) is 22.5. The maximum absolute atomic E-state index is 14.5. The van der Waals surface area contributed by atoms with E-state index in [0.717, 1.165) is 24.2 Å². The number of hydrogen-bond acceptors (Lipinski definition) is 6. The Bertz CT molecular complexity index is 1330. The summed E-state index contributed by atoms with van der Waals surface area (Å²) in [5.74, 6) is -1.56. The van der Waals surface area contributed by atoms with E-state index in [-0.39, 0.29) is 29.9 Å². The largest absolute Gasteiger partial charge is 0.507 e. The molecule has 8 heteroatoms. The van der Waals surface area contributed by atoms with E-state index in [1.807, 2.05) is 51.0 Å². The predicted molar refractivity (Wildman–Crippen MR) is 145 cm³/mol. The molecule has 0 bridgehead atoms. The SMILES string of the molecule is CCCCN1C(=O)[C@@]2(C(=C(O)c3ccc4c(c3)C[C@@H](C)O4)C(=O)C(=O)N2CCCN(C)C)c2ccccc21. The third-order valence-electron chi connectivity index (χ3n) is 7.70. The highest BCUT2D eigenvalue weighted by Crippen LogP contribution is 2.53. The van der Waals surface area contributed by atoms with Gasteiger partial charge in [-0.2, -0.15) is 0 Å². The predicted octanol–water partition coefficient (Wildman–Crippen LogP) is 3.68. The summed E-state index contributed by atoms with van der Waals surface area (Å²) in [4.78, 5) is 46.9. The summed E-state index contributed by atoms with van der Waals surface area (Å²) in [7, 11) is 3.87. The molecule has 1 spiro atoms. The van der Waals surface area contributed by atoms with Gasteiger partial charge in [-0.3, -0.25) is 14.4 Å². The van der Waals surface area contributed by atoms with Crippen molar-refractivity contribution in [2.75, 3.05) is 38.6 Å². The number of anilines is 1. The van der Waals surface area contributed by atoms with E-state index in [0.29, 0.717) is 42.7 Å². The lowest BCUT2D eigenvalue weighted by molar-refractivity contribution is -0.143. The Morgan fingerprint density at radius 2 is 1.87 bits per heavy atom. The summed E-state index contributed by atoms with van der Waals surface area (Å²) >= 11 is 0. The van der Waals surface area contributed by atoms with Crippen LogP contribution in [0.3, 0.4) is 0 Å². The van der Waals surface area contributed by atoms with Crippen LogP contribution in [0.15, 0.2) is 48.0 Å². The molecule has 3 heterocycles. The maximum Gasteiger partial charge on any atom is 0.296 e. The normalized spacial score (nSPS) is 23.5. The van der Waals surface area contributed by atoms with Crippen LogP contribution in [-0.2, 0) is 26.3 Å². The second kappa shape index (κ2) is 9.91. The van der Waals surface area contributed by atoms with Crippen LogP contribution in [0, 0.1) is 0 Å². The molecule has 0 aliphatic carbocycles. The number of ether oxygens (including phenoxy) is 1. The molecule has 1 N–H and O–H groups in total. The van der Waals surface area contributed by atoms with Gasteiger partial charge >= 0.3 is 0 Å². The molecule has 2 amide bonds. The Morgan fingerprint density at radius 1 is 1.11 bits per heavy atom. The van der Waals surface area contributed by atoms with Crippen molar-refractivity contribution in [2.24, 2.45) is 0 Å². The summed E-state index contributed by atoms with van der Waals surface area (Å²) in [5, 5.41) is 11.7. The lowest BCUT2D eigenvalue weighted by atomic mass is 9.81. The molecule has 3 aliphatic heterocycles. The topological polar surface area (TPSA) is 90.4 Å². The number of likely N-dealkylation sites (tertiary alicyclic amines) is 1. The van der Waals surface area contributed by atoms with E-state index in [9.17, 15) is 19.5 Å². The first-order valence-corrected chi connectivity index (χ1v) is 13.4. The number of hydrogen-bond donors (Lipinski definition) is 1. The first kappa shape index (κ1) is 26.0. The number of aliphatic hydroxyl groups excluding tert-OH is 1. The van der Waals surface area contributed by atoms with Crippen molar-refractivity contribution in [1.29, 1.82) is 0 Å². The van der Waals surface area contributed by atoms with Gasteiger partial charge in [-0.15, -0.1) is 0 Å². The van der Waals surface area contributed by atoms with Crippen LogP contribution >= 0.6 is 0 Å². The van der Waals surface area contributed by atoms with Crippen LogP contribution in [0.1, 0.15) is 49.8 Å². The highest BCUT2D eigenvalue weighted by molar-refractivity contribution is 6.50. The van der Waals surface area contributed by atoms with Gasteiger partial charge in [-0.25, -0.2) is 0 Å². The van der Waals surface area contributed by atoms with Gasteiger partial charge in [-0.05, 0) is 70.2 Å². The smallest absolute Gasteiger partial charge is 0.296 e. The molecule has 2 aromatic carbocycles. The van der Waals surface area contributed by atoms with Crippen LogP contribution in [0.2, 0.25) is 0 Å². The second-order valence-corrected chi connectivity index (χ2v) is 10.7. The van der Waals surface area contributed by atoms with Gasteiger partial charge in [0, 0.05) is 30.6 Å². The van der Waals surface area contributed by atoms with Gasteiger partial charge in [0.05, 0.1) is 11.3 Å². The monoisotopic (exact) mass is 517 g/mol. The van der Waals surface area contributed by atoms with Crippen molar-refractivity contribution >= 4 is 29.0 Å². The van der Waals surface area contributed by atoms with Crippen LogP contribution in [0.25, 0.3) is 5.76 Å². The zero-order valence-electron chi connectivity index (χ0n) is 22.5. The number of para-hydroxylation sites is 1. The summed E-state index contributed by atoms with van der Waals surface area (Å²) in [6, 6.07) is 12.6. The average molecular weight is 518 g/mol.